The van der Waals surface area contributed by atoms with Gasteiger partial charge in [0.1, 0.15) is 0 Å². The molecular weight excluding hydrogens is 278 g/mol. The molecule has 0 spiro atoms. The lowest BCUT2D eigenvalue weighted by Gasteiger charge is -2.14. The number of nitro benzene ring substituents is 1. The number of rotatable bonds is 7. The molecule has 0 aliphatic rings. The van der Waals surface area contributed by atoms with E-state index in [2.05, 4.69) is 0 Å². The molecule has 7 heteroatoms. The Hall–Kier alpha value is -2.07. The average molecular weight is 293 g/mol. The van der Waals surface area contributed by atoms with E-state index in [9.17, 15) is 14.9 Å². The molecule has 1 aromatic rings. The number of nitriles is 1. The number of carbonyl (C=O) groups is 1. The predicted molar refractivity (Wildman–Crippen MR) is 76.3 cm³/mol. The average Bonchev–Trinajstić information content (AvgIpc) is 2.44. The molecule has 0 saturated carbocycles. The zero-order valence-corrected chi connectivity index (χ0v) is 11.9. The van der Waals surface area contributed by atoms with E-state index in [-0.39, 0.29) is 11.6 Å². The smallest absolute Gasteiger partial charge is 0.282 e. The van der Waals surface area contributed by atoms with Gasteiger partial charge in [0.05, 0.1) is 22.3 Å². The van der Waals surface area contributed by atoms with Crippen molar-refractivity contribution in [1.29, 1.82) is 5.26 Å². The first-order valence-electron chi connectivity index (χ1n) is 6.03. The van der Waals surface area contributed by atoms with Crippen molar-refractivity contribution < 1.29 is 9.72 Å². The molecule has 1 amide bonds. The first-order chi connectivity index (χ1) is 9.56. The molecule has 0 heterocycles. The van der Waals surface area contributed by atoms with Crippen molar-refractivity contribution in [3.63, 3.8) is 0 Å². The lowest BCUT2D eigenvalue weighted by molar-refractivity contribution is -0.387. The van der Waals surface area contributed by atoms with Crippen LogP contribution in [-0.4, -0.2) is 35.1 Å². The highest BCUT2D eigenvalue weighted by Crippen LogP contribution is 2.28. The van der Waals surface area contributed by atoms with E-state index in [0.29, 0.717) is 30.0 Å². The summed E-state index contributed by atoms with van der Waals surface area (Å²) in [6.45, 7) is 0.408. The number of nitro groups is 1. The van der Waals surface area contributed by atoms with Crippen molar-refractivity contribution in [3.8, 4) is 6.07 Å². The molecule has 20 heavy (non-hydrogen) atoms. The second-order valence-corrected chi connectivity index (χ2v) is 5.18. The van der Waals surface area contributed by atoms with Crippen molar-refractivity contribution in [2.24, 2.45) is 0 Å². The standard InChI is InChI=1S/C13H15N3O3S/c1-15(9-4-8-14)13(17)7-10-20-12-6-3-2-5-11(12)16(18)19/h2-3,5-6H,4,7,9-10H2,1H3. The number of hydrogen-bond donors (Lipinski definition) is 0. The van der Waals surface area contributed by atoms with Gasteiger partial charge in [0.25, 0.3) is 5.69 Å². The van der Waals surface area contributed by atoms with Gasteiger partial charge in [-0.25, -0.2) is 0 Å². The monoisotopic (exact) mass is 293 g/mol. The van der Waals surface area contributed by atoms with E-state index < -0.39 is 4.92 Å². The summed E-state index contributed by atoms with van der Waals surface area (Å²) in [6, 6.07) is 8.45. The Bertz CT molecular complexity index is 528. The van der Waals surface area contributed by atoms with Gasteiger partial charge >= 0.3 is 0 Å². The minimum Gasteiger partial charge on any atom is -0.345 e. The van der Waals surface area contributed by atoms with Crippen LogP contribution < -0.4 is 0 Å². The van der Waals surface area contributed by atoms with Crippen LogP contribution in [0.3, 0.4) is 0 Å². The quantitative estimate of drug-likeness (QED) is 0.438. The molecule has 0 radical (unpaired) electrons. The summed E-state index contributed by atoms with van der Waals surface area (Å²) >= 11 is 1.29. The molecule has 0 aliphatic carbocycles. The van der Waals surface area contributed by atoms with Crippen molar-refractivity contribution in [2.75, 3.05) is 19.3 Å². The van der Waals surface area contributed by atoms with Crippen LogP contribution in [0, 0.1) is 21.4 Å². The van der Waals surface area contributed by atoms with Crippen LogP contribution in [0.5, 0.6) is 0 Å². The Kier molecular flexibility index (Phi) is 6.53. The zero-order valence-electron chi connectivity index (χ0n) is 11.1. The van der Waals surface area contributed by atoms with E-state index in [0.717, 1.165) is 0 Å². The van der Waals surface area contributed by atoms with Gasteiger partial charge in [-0.2, -0.15) is 5.26 Å². The van der Waals surface area contributed by atoms with Gasteiger partial charge in [-0.15, -0.1) is 11.8 Å². The molecule has 0 aliphatic heterocycles. The van der Waals surface area contributed by atoms with Gasteiger partial charge < -0.3 is 4.90 Å². The maximum absolute atomic E-state index is 11.7. The van der Waals surface area contributed by atoms with Crippen LogP contribution in [0.4, 0.5) is 5.69 Å². The third-order valence-electron chi connectivity index (χ3n) is 2.62. The molecule has 106 valence electrons. The second-order valence-electron chi connectivity index (χ2n) is 4.05. The van der Waals surface area contributed by atoms with Gasteiger partial charge in [0, 0.05) is 31.8 Å². The van der Waals surface area contributed by atoms with Crippen LogP contribution in [0.15, 0.2) is 29.2 Å². The molecule has 1 rings (SSSR count). The topological polar surface area (TPSA) is 87.2 Å². The Morgan fingerprint density at radius 3 is 2.85 bits per heavy atom. The number of benzene rings is 1. The normalized spacial score (nSPS) is 9.80. The lowest BCUT2D eigenvalue weighted by Crippen LogP contribution is -2.27. The van der Waals surface area contributed by atoms with Gasteiger partial charge in [0.15, 0.2) is 0 Å². The fraction of sp³-hybridized carbons (Fsp3) is 0.385. The number of nitrogens with zero attached hydrogens (tertiary/aromatic N) is 3. The molecule has 0 saturated heterocycles. The highest BCUT2D eigenvalue weighted by Gasteiger charge is 2.14. The van der Waals surface area contributed by atoms with E-state index in [1.54, 1.807) is 25.2 Å². The summed E-state index contributed by atoms with van der Waals surface area (Å²) in [7, 11) is 1.65. The maximum Gasteiger partial charge on any atom is 0.282 e. The highest BCUT2D eigenvalue weighted by atomic mass is 32.2. The predicted octanol–water partition coefficient (Wildman–Crippen LogP) is 2.45. The Morgan fingerprint density at radius 1 is 1.50 bits per heavy atom. The summed E-state index contributed by atoms with van der Waals surface area (Å²) in [5.41, 5.74) is 0.0581. The number of para-hydroxylation sites is 1. The van der Waals surface area contributed by atoms with Gasteiger partial charge in [-0.05, 0) is 6.07 Å². The first kappa shape index (κ1) is 16.0. The maximum atomic E-state index is 11.7. The van der Waals surface area contributed by atoms with Gasteiger partial charge in [-0.1, -0.05) is 12.1 Å². The van der Waals surface area contributed by atoms with Crippen molar-refractivity contribution in [2.45, 2.75) is 17.7 Å². The minimum absolute atomic E-state index is 0.0581. The molecular formula is C13H15N3O3S. The van der Waals surface area contributed by atoms with Crippen LogP contribution in [0.1, 0.15) is 12.8 Å². The van der Waals surface area contributed by atoms with E-state index in [1.165, 1.54) is 22.7 Å². The van der Waals surface area contributed by atoms with E-state index >= 15 is 0 Å². The molecule has 0 N–H and O–H groups in total. The van der Waals surface area contributed by atoms with Crippen molar-refractivity contribution in [3.05, 3.63) is 34.4 Å². The van der Waals surface area contributed by atoms with Crippen LogP contribution in [0.25, 0.3) is 0 Å². The SMILES string of the molecule is CN(CCC#N)C(=O)CCSc1ccccc1[N+](=O)[O-]. The molecule has 0 fully saturated rings. The number of amides is 1. The lowest BCUT2D eigenvalue weighted by atomic mass is 10.3. The third kappa shape index (κ3) is 4.90. The summed E-state index contributed by atoms with van der Waals surface area (Å²) in [4.78, 5) is 24.2. The van der Waals surface area contributed by atoms with Crippen molar-refractivity contribution >= 4 is 23.4 Å². The van der Waals surface area contributed by atoms with Crippen molar-refractivity contribution in [1.82, 2.24) is 4.90 Å². The summed E-state index contributed by atoms with van der Waals surface area (Å²) in [6.07, 6.45) is 0.595. The Morgan fingerprint density at radius 2 is 2.20 bits per heavy atom. The summed E-state index contributed by atoms with van der Waals surface area (Å²) in [5, 5.41) is 19.3. The van der Waals surface area contributed by atoms with Crippen LogP contribution in [-0.2, 0) is 4.79 Å². The molecule has 1 aromatic carbocycles. The fourth-order valence-corrected chi connectivity index (χ4v) is 2.47. The number of hydrogen-bond acceptors (Lipinski definition) is 5. The highest BCUT2D eigenvalue weighted by molar-refractivity contribution is 7.99. The molecule has 0 unspecified atom stereocenters. The molecule has 6 nitrogen and oxygen atoms in total. The summed E-state index contributed by atoms with van der Waals surface area (Å²) < 4.78 is 0. The number of carbonyl (C=O) groups excluding carboxylic acids is 1. The van der Waals surface area contributed by atoms with Gasteiger partial charge in [0.2, 0.25) is 5.91 Å². The third-order valence-corrected chi connectivity index (χ3v) is 3.68. The molecule has 0 bridgehead atoms. The second kappa shape index (κ2) is 8.17. The van der Waals surface area contributed by atoms with E-state index in [4.69, 9.17) is 5.26 Å². The van der Waals surface area contributed by atoms with E-state index in [1.807, 2.05) is 6.07 Å². The van der Waals surface area contributed by atoms with Gasteiger partial charge in [-0.3, -0.25) is 14.9 Å². The fourth-order valence-electron chi connectivity index (χ4n) is 1.51. The Balaban J connectivity index is 2.47. The molecule has 0 atom stereocenters. The minimum atomic E-state index is -0.427. The van der Waals surface area contributed by atoms with Crippen LogP contribution >= 0.6 is 11.8 Å². The first-order valence-corrected chi connectivity index (χ1v) is 7.02. The van der Waals surface area contributed by atoms with Crippen LogP contribution in [0.2, 0.25) is 0 Å². The summed E-state index contributed by atoms with van der Waals surface area (Å²) in [5.74, 6) is 0.409. The largest absolute Gasteiger partial charge is 0.345 e. The Labute approximate surface area is 121 Å². The zero-order chi connectivity index (χ0) is 15.0. The number of thioether (sulfide) groups is 1. The molecule has 0 aromatic heterocycles.